The van der Waals surface area contributed by atoms with Crippen LogP contribution in [0.3, 0.4) is 0 Å². The SMILES string of the molecule is C[C@H](NC(=O)OC(C)(C)C)C(=O)N1CCC(S(=O)(=O)N2CCN(C3CCC(C(=O)O)CC3)CC2)CC1. The summed E-state index contributed by atoms with van der Waals surface area (Å²) in [5.74, 6) is -1.22. The smallest absolute Gasteiger partial charge is 0.408 e. The summed E-state index contributed by atoms with van der Waals surface area (Å²) in [6.45, 7) is 9.70. The van der Waals surface area contributed by atoms with Gasteiger partial charge >= 0.3 is 12.1 Å². The zero-order chi connectivity index (χ0) is 26.7. The van der Waals surface area contributed by atoms with Gasteiger partial charge in [-0.05, 0) is 66.2 Å². The summed E-state index contributed by atoms with van der Waals surface area (Å²) in [6, 6.07) is -0.428. The predicted molar refractivity (Wildman–Crippen MR) is 134 cm³/mol. The lowest BCUT2D eigenvalue weighted by Crippen LogP contribution is -2.56. The molecule has 11 nitrogen and oxygen atoms in total. The van der Waals surface area contributed by atoms with Gasteiger partial charge in [0.25, 0.3) is 0 Å². The molecule has 0 aromatic carbocycles. The molecule has 12 heteroatoms. The Balaban J connectivity index is 1.44. The molecule has 2 heterocycles. The number of likely N-dealkylation sites (tertiary alicyclic amines) is 1. The number of amides is 2. The maximum atomic E-state index is 13.3. The lowest BCUT2D eigenvalue weighted by Gasteiger charge is -2.42. The van der Waals surface area contributed by atoms with E-state index in [-0.39, 0.29) is 11.8 Å². The predicted octanol–water partition coefficient (Wildman–Crippen LogP) is 1.48. The Hall–Kier alpha value is -1.92. The number of ether oxygens (including phenoxy) is 1. The van der Waals surface area contributed by atoms with Crippen molar-refractivity contribution in [1.82, 2.24) is 19.4 Å². The van der Waals surface area contributed by atoms with Crippen LogP contribution in [0, 0.1) is 5.92 Å². The van der Waals surface area contributed by atoms with Crippen LogP contribution in [0.4, 0.5) is 4.79 Å². The Morgan fingerprint density at radius 2 is 1.47 bits per heavy atom. The normalized spacial score (nSPS) is 26.3. The van der Waals surface area contributed by atoms with Gasteiger partial charge in [0, 0.05) is 45.3 Å². The highest BCUT2D eigenvalue weighted by Gasteiger charge is 2.39. The van der Waals surface area contributed by atoms with Crippen molar-refractivity contribution in [2.75, 3.05) is 39.3 Å². The Labute approximate surface area is 214 Å². The molecule has 1 atom stereocenters. The summed E-state index contributed by atoms with van der Waals surface area (Å²) in [5, 5.41) is 11.2. The highest BCUT2D eigenvalue weighted by molar-refractivity contribution is 7.89. The molecular weight excluding hydrogens is 488 g/mol. The molecule has 1 aliphatic carbocycles. The highest BCUT2D eigenvalue weighted by atomic mass is 32.2. The Kier molecular flexibility index (Phi) is 9.26. The average molecular weight is 531 g/mol. The number of hydrogen-bond donors (Lipinski definition) is 2. The fourth-order valence-corrected chi connectivity index (χ4v) is 7.32. The van der Waals surface area contributed by atoms with E-state index in [0.717, 1.165) is 12.8 Å². The number of nitrogens with one attached hydrogen (secondary N) is 1. The Morgan fingerprint density at radius 1 is 0.917 bits per heavy atom. The number of hydrogen-bond acceptors (Lipinski definition) is 7. The van der Waals surface area contributed by atoms with Crippen LogP contribution >= 0.6 is 0 Å². The molecule has 3 aliphatic rings. The van der Waals surface area contributed by atoms with E-state index in [4.69, 9.17) is 4.74 Å². The lowest BCUT2D eigenvalue weighted by atomic mass is 9.85. The molecule has 0 spiro atoms. The van der Waals surface area contributed by atoms with Gasteiger partial charge < -0.3 is 20.1 Å². The first-order valence-electron chi connectivity index (χ1n) is 13.0. The third-order valence-corrected chi connectivity index (χ3v) is 9.87. The molecule has 206 valence electrons. The van der Waals surface area contributed by atoms with Crippen molar-refractivity contribution in [2.24, 2.45) is 5.92 Å². The van der Waals surface area contributed by atoms with Gasteiger partial charge in [0.1, 0.15) is 11.6 Å². The molecule has 3 fully saturated rings. The summed E-state index contributed by atoms with van der Waals surface area (Å²) in [4.78, 5) is 39.8. The maximum absolute atomic E-state index is 13.3. The second-order valence-corrected chi connectivity index (χ2v) is 13.4. The van der Waals surface area contributed by atoms with Gasteiger partial charge in [-0.1, -0.05) is 0 Å². The molecule has 2 saturated heterocycles. The quantitative estimate of drug-likeness (QED) is 0.527. The highest BCUT2D eigenvalue weighted by Crippen LogP contribution is 2.29. The van der Waals surface area contributed by atoms with Crippen molar-refractivity contribution in [3.8, 4) is 0 Å². The summed E-state index contributed by atoms with van der Waals surface area (Å²) < 4.78 is 33.4. The number of carbonyl (C=O) groups is 3. The standard InChI is InChI=1S/C24H42N4O7S/c1-17(25-23(32)35-24(2,3)4)21(29)27-11-9-20(10-12-27)36(33,34)28-15-13-26(14-16-28)19-7-5-18(6-8-19)22(30)31/h17-20H,5-16H2,1-4H3,(H,25,32)(H,30,31)/t17-,18?,19?/m0/s1. The third kappa shape index (κ3) is 7.32. The van der Waals surface area contributed by atoms with Crippen LogP contribution in [0.25, 0.3) is 0 Å². The van der Waals surface area contributed by atoms with Gasteiger partial charge in [-0.2, -0.15) is 4.31 Å². The Bertz CT molecular complexity index is 896. The second kappa shape index (κ2) is 11.6. The molecule has 0 bridgehead atoms. The number of carboxylic acid groups (broad SMARTS) is 1. The monoisotopic (exact) mass is 530 g/mol. The summed E-state index contributed by atoms with van der Waals surface area (Å²) >= 11 is 0. The third-order valence-electron chi connectivity index (χ3n) is 7.47. The van der Waals surface area contributed by atoms with Gasteiger partial charge in [-0.15, -0.1) is 0 Å². The molecular formula is C24H42N4O7S. The van der Waals surface area contributed by atoms with Crippen molar-refractivity contribution in [2.45, 2.75) is 89.2 Å². The zero-order valence-corrected chi connectivity index (χ0v) is 22.8. The van der Waals surface area contributed by atoms with Crippen molar-refractivity contribution < 1.29 is 32.6 Å². The number of carbonyl (C=O) groups excluding carboxylic acids is 2. The van der Waals surface area contributed by atoms with Gasteiger partial charge in [0.2, 0.25) is 15.9 Å². The number of carboxylic acids is 1. The first-order valence-corrected chi connectivity index (χ1v) is 14.5. The largest absolute Gasteiger partial charge is 0.481 e. The van der Waals surface area contributed by atoms with Crippen LogP contribution in [-0.2, 0) is 24.3 Å². The topological polar surface area (TPSA) is 137 Å². The number of nitrogens with zero attached hydrogens (tertiary/aromatic N) is 3. The molecule has 0 radical (unpaired) electrons. The Morgan fingerprint density at radius 3 is 1.97 bits per heavy atom. The van der Waals surface area contributed by atoms with Crippen LogP contribution in [0.1, 0.15) is 66.2 Å². The van der Waals surface area contributed by atoms with E-state index in [1.54, 1.807) is 36.9 Å². The molecule has 2 amide bonds. The number of aliphatic carboxylic acids is 1. The zero-order valence-electron chi connectivity index (χ0n) is 21.9. The summed E-state index contributed by atoms with van der Waals surface area (Å²) in [7, 11) is -3.47. The number of piperazine rings is 1. The lowest BCUT2D eigenvalue weighted by molar-refractivity contribution is -0.143. The summed E-state index contributed by atoms with van der Waals surface area (Å²) in [5.41, 5.74) is -0.662. The second-order valence-electron chi connectivity index (χ2n) is 11.2. The molecule has 2 N–H and O–H groups in total. The van der Waals surface area contributed by atoms with E-state index in [9.17, 15) is 27.9 Å². The molecule has 0 aromatic rings. The van der Waals surface area contributed by atoms with Crippen molar-refractivity contribution >= 4 is 28.0 Å². The van der Waals surface area contributed by atoms with E-state index in [2.05, 4.69) is 10.2 Å². The number of alkyl carbamates (subject to hydrolysis) is 1. The maximum Gasteiger partial charge on any atom is 0.408 e. The van der Waals surface area contributed by atoms with E-state index in [0.29, 0.717) is 71.0 Å². The van der Waals surface area contributed by atoms with Crippen LogP contribution < -0.4 is 5.32 Å². The number of rotatable bonds is 6. The minimum atomic E-state index is -3.47. The molecule has 3 rings (SSSR count). The molecule has 36 heavy (non-hydrogen) atoms. The molecule has 2 aliphatic heterocycles. The first-order chi connectivity index (χ1) is 16.8. The van der Waals surface area contributed by atoms with E-state index < -0.39 is 39.0 Å². The fourth-order valence-electron chi connectivity index (χ4n) is 5.42. The van der Waals surface area contributed by atoms with Gasteiger partial charge in [0.05, 0.1) is 11.2 Å². The average Bonchev–Trinajstić information content (AvgIpc) is 2.82. The van der Waals surface area contributed by atoms with E-state index >= 15 is 0 Å². The van der Waals surface area contributed by atoms with Gasteiger partial charge in [0.15, 0.2) is 0 Å². The molecule has 0 unspecified atom stereocenters. The van der Waals surface area contributed by atoms with Crippen molar-refractivity contribution in [3.63, 3.8) is 0 Å². The summed E-state index contributed by atoms with van der Waals surface area (Å²) in [6.07, 6.45) is 3.13. The van der Waals surface area contributed by atoms with E-state index in [1.807, 2.05) is 0 Å². The fraction of sp³-hybridized carbons (Fsp3) is 0.875. The molecule has 0 aromatic heterocycles. The van der Waals surface area contributed by atoms with Crippen molar-refractivity contribution in [3.05, 3.63) is 0 Å². The van der Waals surface area contributed by atoms with E-state index in [1.165, 1.54) is 0 Å². The van der Waals surface area contributed by atoms with Crippen LogP contribution in [0.5, 0.6) is 0 Å². The van der Waals surface area contributed by atoms with Crippen molar-refractivity contribution in [1.29, 1.82) is 0 Å². The molecule has 1 saturated carbocycles. The van der Waals surface area contributed by atoms with Crippen LogP contribution in [0.15, 0.2) is 0 Å². The number of sulfonamides is 1. The van der Waals surface area contributed by atoms with Crippen LogP contribution in [0.2, 0.25) is 0 Å². The number of piperidine rings is 1. The first kappa shape index (κ1) is 28.6. The minimum Gasteiger partial charge on any atom is -0.481 e. The minimum absolute atomic E-state index is 0.247. The van der Waals surface area contributed by atoms with Gasteiger partial charge in [-0.3, -0.25) is 14.5 Å². The van der Waals surface area contributed by atoms with Gasteiger partial charge in [-0.25, -0.2) is 13.2 Å². The van der Waals surface area contributed by atoms with Crippen LogP contribution in [-0.4, -0.2) is 108 Å².